The van der Waals surface area contributed by atoms with Crippen molar-refractivity contribution in [2.75, 3.05) is 0 Å². The van der Waals surface area contributed by atoms with Crippen LogP contribution < -0.4 is 0 Å². The summed E-state index contributed by atoms with van der Waals surface area (Å²) in [5.41, 5.74) is -0.371. The van der Waals surface area contributed by atoms with Crippen LogP contribution in [0.25, 0.3) is 6.08 Å². The monoisotopic (exact) mass is 228 g/mol. The van der Waals surface area contributed by atoms with Crippen molar-refractivity contribution in [3.05, 3.63) is 40.5 Å². The zero-order valence-electron chi connectivity index (χ0n) is 8.01. The molecule has 0 spiro atoms. The summed E-state index contributed by atoms with van der Waals surface area (Å²) in [6.07, 6.45) is -3.32. The van der Waals surface area contributed by atoms with E-state index < -0.39 is 17.7 Å². The smallest absolute Gasteiger partial charge is 0.416 e. The van der Waals surface area contributed by atoms with Gasteiger partial charge in [-0.3, -0.25) is 0 Å². The maximum absolute atomic E-state index is 12.6. The van der Waals surface area contributed by atoms with Gasteiger partial charge in [0.15, 0.2) is 0 Å². The second-order valence-electron chi connectivity index (χ2n) is 3.52. The lowest BCUT2D eigenvalue weighted by molar-refractivity contribution is -0.138. The predicted octanol–water partition coefficient (Wildman–Crippen LogP) is 2.73. The van der Waals surface area contributed by atoms with E-state index in [-0.39, 0.29) is 17.6 Å². The molecule has 2 nitrogen and oxygen atoms in total. The van der Waals surface area contributed by atoms with E-state index >= 15 is 0 Å². The molecule has 0 amide bonds. The van der Waals surface area contributed by atoms with Crippen LogP contribution in [0.4, 0.5) is 13.2 Å². The first-order chi connectivity index (χ1) is 7.39. The molecule has 16 heavy (non-hydrogen) atoms. The van der Waals surface area contributed by atoms with Crippen molar-refractivity contribution in [1.82, 2.24) is 0 Å². The van der Waals surface area contributed by atoms with E-state index in [2.05, 4.69) is 0 Å². The van der Waals surface area contributed by atoms with Gasteiger partial charge in [0.05, 0.1) is 5.56 Å². The summed E-state index contributed by atoms with van der Waals surface area (Å²) in [5.74, 6) is -1.18. The summed E-state index contributed by atoms with van der Waals surface area (Å²) in [6, 6.07) is 3.74. The van der Waals surface area contributed by atoms with Gasteiger partial charge in [0.2, 0.25) is 0 Å². The highest BCUT2D eigenvalue weighted by molar-refractivity contribution is 5.95. The SMILES string of the molecule is O=C(O)C1=Cc2cccc(C(F)(F)F)c2C1. The zero-order chi connectivity index (χ0) is 11.9. The fraction of sp³-hybridized carbons (Fsp3) is 0.182. The lowest BCUT2D eigenvalue weighted by Crippen LogP contribution is -2.10. The van der Waals surface area contributed by atoms with Crippen molar-refractivity contribution < 1.29 is 23.1 Å². The molecule has 0 atom stereocenters. The van der Waals surface area contributed by atoms with Gasteiger partial charge in [-0.25, -0.2) is 4.79 Å². The van der Waals surface area contributed by atoms with E-state index in [1.54, 1.807) is 0 Å². The van der Waals surface area contributed by atoms with Crippen molar-refractivity contribution in [3.8, 4) is 0 Å². The Labute approximate surface area is 89.0 Å². The van der Waals surface area contributed by atoms with Crippen LogP contribution in [0, 0.1) is 0 Å². The fourth-order valence-electron chi connectivity index (χ4n) is 1.77. The number of carboxylic acids is 1. The summed E-state index contributed by atoms with van der Waals surface area (Å²) in [7, 11) is 0. The lowest BCUT2D eigenvalue weighted by Gasteiger charge is -2.11. The number of hydrogen-bond acceptors (Lipinski definition) is 1. The summed E-state index contributed by atoms with van der Waals surface area (Å²) in [4.78, 5) is 10.7. The number of carbonyl (C=O) groups is 1. The number of hydrogen-bond donors (Lipinski definition) is 1. The maximum atomic E-state index is 12.6. The molecule has 1 N–H and O–H groups in total. The van der Waals surface area contributed by atoms with Crippen LogP contribution in [0.1, 0.15) is 16.7 Å². The van der Waals surface area contributed by atoms with Crippen molar-refractivity contribution in [2.24, 2.45) is 0 Å². The third-order valence-electron chi connectivity index (χ3n) is 2.49. The van der Waals surface area contributed by atoms with Gasteiger partial charge in [0, 0.05) is 12.0 Å². The second-order valence-corrected chi connectivity index (χ2v) is 3.52. The molecule has 1 aromatic rings. The minimum absolute atomic E-state index is 0.00769. The Morgan fingerprint density at radius 2 is 2.00 bits per heavy atom. The van der Waals surface area contributed by atoms with Gasteiger partial charge in [-0.1, -0.05) is 12.1 Å². The maximum Gasteiger partial charge on any atom is 0.416 e. The molecular formula is C11H7F3O2. The van der Waals surface area contributed by atoms with E-state index in [1.165, 1.54) is 18.2 Å². The molecule has 0 fully saturated rings. The van der Waals surface area contributed by atoms with Crippen molar-refractivity contribution in [2.45, 2.75) is 12.6 Å². The highest BCUT2D eigenvalue weighted by Crippen LogP contribution is 2.37. The Balaban J connectivity index is 2.49. The number of benzene rings is 1. The Kier molecular flexibility index (Phi) is 2.26. The molecule has 1 aliphatic carbocycles. The van der Waals surface area contributed by atoms with E-state index in [0.717, 1.165) is 6.07 Å². The van der Waals surface area contributed by atoms with Crippen molar-refractivity contribution >= 4 is 12.0 Å². The average molecular weight is 228 g/mol. The topological polar surface area (TPSA) is 37.3 Å². The minimum atomic E-state index is -4.44. The molecule has 0 aromatic heterocycles. The van der Waals surface area contributed by atoms with E-state index in [9.17, 15) is 18.0 Å². The quantitative estimate of drug-likeness (QED) is 0.802. The van der Waals surface area contributed by atoms with Gasteiger partial charge in [0.25, 0.3) is 0 Å². The summed E-state index contributed by atoms with van der Waals surface area (Å²) >= 11 is 0. The molecule has 2 rings (SSSR count). The number of rotatable bonds is 1. The van der Waals surface area contributed by atoms with Crippen LogP contribution in [0.15, 0.2) is 23.8 Å². The van der Waals surface area contributed by atoms with Crippen LogP contribution in [-0.4, -0.2) is 11.1 Å². The molecule has 5 heteroatoms. The molecule has 0 bridgehead atoms. The molecule has 84 valence electrons. The van der Waals surface area contributed by atoms with E-state index in [1.807, 2.05) is 0 Å². The predicted molar refractivity (Wildman–Crippen MR) is 50.8 cm³/mol. The molecule has 0 aliphatic heterocycles. The second kappa shape index (κ2) is 3.37. The molecule has 1 aliphatic rings. The van der Waals surface area contributed by atoms with Gasteiger partial charge in [0.1, 0.15) is 0 Å². The van der Waals surface area contributed by atoms with Crippen molar-refractivity contribution in [3.63, 3.8) is 0 Å². The molecule has 0 saturated heterocycles. The molecule has 0 radical (unpaired) electrons. The number of halogens is 3. The van der Waals surface area contributed by atoms with Gasteiger partial charge < -0.3 is 5.11 Å². The molecule has 0 heterocycles. The van der Waals surface area contributed by atoms with Crippen LogP contribution >= 0.6 is 0 Å². The number of alkyl halides is 3. The minimum Gasteiger partial charge on any atom is -0.478 e. The number of aliphatic carboxylic acids is 1. The van der Waals surface area contributed by atoms with E-state index in [4.69, 9.17) is 5.11 Å². The van der Waals surface area contributed by atoms with Gasteiger partial charge >= 0.3 is 12.1 Å². The standard InChI is InChI=1S/C11H7F3O2/c12-11(13,14)9-3-1-2-6-4-7(10(15)16)5-8(6)9/h1-4H,5H2,(H,15,16). The Hall–Kier alpha value is -1.78. The highest BCUT2D eigenvalue weighted by Gasteiger charge is 2.35. The first kappa shape index (κ1) is 10.7. The highest BCUT2D eigenvalue weighted by atomic mass is 19.4. The largest absolute Gasteiger partial charge is 0.478 e. The third kappa shape index (κ3) is 1.68. The third-order valence-corrected chi connectivity index (χ3v) is 2.49. The van der Waals surface area contributed by atoms with E-state index in [0.29, 0.717) is 5.56 Å². The molecule has 1 aromatic carbocycles. The average Bonchev–Trinajstić information content (AvgIpc) is 2.58. The Bertz CT molecular complexity index is 486. The lowest BCUT2D eigenvalue weighted by atomic mass is 10.0. The summed E-state index contributed by atoms with van der Waals surface area (Å²) < 4.78 is 37.8. The first-order valence-electron chi connectivity index (χ1n) is 4.52. The van der Waals surface area contributed by atoms with Crippen LogP contribution in [0.3, 0.4) is 0 Å². The summed E-state index contributed by atoms with van der Waals surface area (Å²) in [6.45, 7) is 0. The zero-order valence-corrected chi connectivity index (χ0v) is 8.01. The molecule has 0 saturated carbocycles. The van der Waals surface area contributed by atoms with Gasteiger partial charge in [-0.15, -0.1) is 0 Å². The normalized spacial score (nSPS) is 14.6. The Morgan fingerprint density at radius 3 is 2.56 bits per heavy atom. The molecular weight excluding hydrogens is 221 g/mol. The number of fused-ring (bicyclic) bond motifs is 1. The van der Waals surface area contributed by atoms with Crippen LogP contribution in [0.5, 0.6) is 0 Å². The molecule has 0 unspecified atom stereocenters. The Morgan fingerprint density at radius 1 is 1.31 bits per heavy atom. The van der Waals surface area contributed by atoms with Gasteiger partial charge in [-0.05, 0) is 23.3 Å². The van der Waals surface area contributed by atoms with Crippen LogP contribution in [-0.2, 0) is 17.4 Å². The first-order valence-corrected chi connectivity index (χ1v) is 4.52. The number of carboxylic acid groups (broad SMARTS) is 1. The van der Waals surface area contributed by atoms with Crippen molar-refractivity contribution in [1.29, 1.82) is 0 Å². The summed E-state index contributed by atoms with van der Waals surface area (Å²) in [5, 5.41) is 8.73. The fourth-order valence-corrected chi connectivity index (χ4v) is 1.77. The van der Waals surface area contributed by atoms with Gasteiger partial charge in [-0.2, -0.15) is 13.2 Å². The van der Waals surface area contributed by atoms with Crippen LogP contribution in [0.2, 0.25) is 0 Å².